The minimum absolute atomic E-state index is 0.0275. The van der Waals surface area contributed by atoms with E-state index in [1.54, 1.807) is 0 Å². The van der Waals surface area contributed by atoms with Crippen molar-refractivity contribution in [1.82, 2.24) is 5.32 Å². The Morgan fingerprint density at radius 2 is 1.89 bits per heavy atom. The first-order valence-electron chi connectivity index (χ1n) is 6.91. The minimum atomic E-state index is -0.961. The predicted octanol–water partition coefficient (Wildman–Crippen LogP) is 0.551. The number of carboxylic acids is 1. The second-order valence-corrected chi connectivity index (χ2v) is 5.16. The van der Waals surface area contributed by atoms with Gasteiger partial charge >= 0.3 is 5.97 Å². The number of rotatable bonds is 4. The van der Waals surface area contributed by atoms with E-state index in [0.717, 1.165) is 32.1 Å². The largest absolute Gasteiger partial charge is 0.480 e. The summed E-state index contributed by atoms with van der Waals surface area (Å²) in [6, 6.07) is -0.807. The summed E-state index contributed by atoms with van der Waals surface area (Å²) in [6.07, 6.45) is 4.26. The minimum Gasteiger partial charge on any atom is -0.480 e. The molecule has 1 amide bonds. The van der Waals surface area contributed by atoms with Crippen LogP contribution >= 0.6 is 0 Å². The van der Waals surface area contributed by atoms with E-state index in [9.17, 15) is 14.7 Å². The van der Waals surface area contributed by atoms with Gasteiger partial charge in [0.05, 0.1) is 19.8 Å². The van der Waals surface area contributed by atoms with Gasteiger partial charge in [0, 0.05) is 0 Å². The molecule has 2 fully saturated rings. The highest BCUT2D eigenvalue weighted by Crippen LogP contribution is 2.26. The molecule has 0 aromatic carbocycles. The van der Waals surface area contributed by atoms with Crippen LogP contribution in [0.2, 0.25) is 0 Å². The summed E-state index contributed by atoms with van der Waals surface area (Å²) in [6.45, 7) is 1.05. The van der Waals surface area contributed by atoms with Gasteiger partial charge in [-0.3, -0.25) is 4.79 Å². The molecule has 2 unspecified atom stereocenters. The molecule has 2 atom stereocenters. The Morgan fingerprint density at radius 1 is 1.16 bits per heavy atom. The molecule has 0 aromatic rings. The van der Waals surface area contributed by atoms with E-state index in [1.165, 1.54) is 0 Å². The van der Waals surface area contributed by atoms with E-state index < -0.39 is 18.1 Å². The Bertz CT molecular complexity index is 321. The summed E-state index contributed by atoms with van der Waals surface area (Å²) < 4.78 is 10.4. The highest BCUT2D eigenvalue weighted by atomic mass is 16.6. The van der Waals surface area contributed by atoms with Crippen LogP contribution in [0.1, 0.15) is 32.1 Å². The maximum Gasteiger partial charge on any atom is 0.326 e. The summed E-state index contributed by atoms with van der Waals surface area (Å²) in [5.41, 5.74) is 0. The maximum absolute atomic E-state index is 12.0. The van der Waals surface area contributed by atoms with Gasteiger partial charge in [-0.1, -0.05) is 19.3 Å². The first kappa shape index (κ1) is 14.3. The molecule has 0 radical (unpaired) electrons. The van der Waals surface area contributed by atoms with Crippen LogP contribution in [0.15, 0.2) is 0 Å². The number of hydrogen-bond acceptors (Lipinski definition) is 4. The third-order valence-corrected chi connectivity index (χ3v) is 3.79. The van der Waals surface area contributed by atoms with Gasteiger partial charge in [-0.05, 0) is 18.8 Å². The van der Waals surface area contributed by atoms with Crippen molar-refractivity contribution in [1.29, 1.82) is 0 Å². The van der Waals surface area contributed by atoms with Crippen molar-refractivity contribution in [3.63, 3.8) is 0 Å². The lowest BCUT2D eigenvalue weighted by atomic mass is 9.84. The highest BCUT2D eigenvalue weighted by Gasteiger charge is 2.33. The molecule has 6 nitrogen and oxygen atoms in total. The summed E-state index contributed by atoms with van der Waals surface area (Å²) in [5.74, 6) is -1.31. The molecule has 1 aliphatic heterocycles. The van der Waals surface area contributed by atoms with Gasteiger partial charge in [0.15, 0.2) is 6.10 Å². The molecule has 0 bridgehead atoms. The third-order valence-electron chi connectivity index (χ3n) is 3.79. The Balaban J connectivity index is 1.91. The molecule has 19 heavy (non-hydrogen) atoms. The van der Waals surface area contributed by atoms with Gasteiger partial charge in [-0.15, -0.1) is 0 Å². The van der Waals surface area contributed by atoms with Crippen molar-refractivity contribution >= 4 is 11.9 Å². The molecule has 1 saturated heterocycles. The van der Waals surface area contributed by atoms with Gasteiger partial charge in [-0.25, -0.2) is 4.79 Å². The molecular weight excluding hydrogens is 250 g/mol. The van der Waals surface area contributed by atoms with E-state index in [-0.39, 0.29) is 18.4 Å². The lowest BCUT2D eigenvalue weighted by Gasteiger charge is -2.30. The van der Waals surface area contributed by atoms with Gasteiger partial charge in [0.2, 0.25) is 0 Å². The smallest absolute Gasteiger partial charge is 0.326 e. The van der Waals surface area contributed by atoms with Gasteiger partial charge in [-0.2, -0.15) is 0 Å². The van der Waals surface area contributed by atoms with Gasteiger partial charge in [0.25, 0.3) is 5.91 Å². The average Bonchev–Trinajstić information content (AvgIpc) is 2.46. The maximum atomic E-state index is 12.0. The van der Waals surface area contributed by atoms with E-state index in [0.29, 0.717) is 13.2 Å². The fourth-order valence-corrected chi connectivity index (χ4v) is 2.73. The van der Waals surface area contributed by atoms with Crippen molar-refractivity contribution in [2.75, 3.05) is 19.8 Å². The van der Waals surface area contributed by atoms with Gasteiger partial charge in [0.1, 0.15) is 6.04 Å². The third kappa shape index (κ3) is 3.91. The zero-order valence-corrected chi connectivity index (χ0v) is 11.0. The Hall–Kier alpha value is -1.14. The number of ether oxygens (including phenoxy) is 2. The van der Waals surface area contributed by atoms with Gasteiger partial charge < -0.3 is 19.9 Å². The van der Waals surface area contributed by atoms with Crippen LogP contribution < -0.4 is 5.32 Å². The number of carbonyl (C=O) groups is 2. The van der Waals surface area contributed by atoms with Crippen LogP contribution in [-0.4, -0.2) is 48.9 Å². The Morgan fingerprint density at radius 3 is 2.47 bits per heavy atom. The highest BCUT2D eigenvalue weighted by molar-refractivity contribution is 5.86. The van der Waals surface area contributed by atoms with Crippen molar-refractivity contribution < 1.29 is 24.2 Å². The number of amides is 1. The second-order valence-electron chi connectivity index (χ2n) is 5.16. The quantitative estimate of drug-likeness (QED) is 0.780. The molecule has 2 rings (SSSR count). The molecule has 2 aliphatic rings. The van der Waals surface area contributed by atoms with Crippen molar-refractivity contribution in [3.8, 4) is 0 Å². The van der Waals surface area contributed by atoms with Crippen LogP contribution in [0.5, 0.6) is 0 Å². The Kier molecular flexibility index (Phi) is 5.15. The number of hydrogen-bond donors (Lipinski definition) is 2. The molecule has 0 aromatic heterocycles. The SMILES string of the molecule is O=C(NC(C(=O)O)C1CCCCC1)C1COCCO1. The summed E-state index contributed by atoms with van der Waals surface area (Å²) in [5, 5.41) is 11.9. The van der Waals surface area contributed by atoms with Crippen molar-refractivity contribution in [2.45, 2.75) is 44.2 Å². The number of aliphatic carboxylic acids is 1. The van der Waals surface area contributed by atoms with Crippen LogP contribution in [0.3, 0.4) is 0 Å². The standard InChI is InChI=1S/C13H21NO5/c15-12(10-8-18-6-7-19-10)14-11(13(16)17)9-4-2-1-3-5-9/h9-11H,1-8H2,(H,14,15)(H,16,17). The lowest BCUT2D eigenvalue weighted by molar-refractivity contribution is -0.153. The molecule has 1 heterocycles. The molecule has 1 aliphatic carbocycles. The Labute approximate surface area is 112 Å². The summed E-state index contributed by atoms with van der Waals surface area (Å²) in [7, 11) is 0. The molecule has 6 heteroatoms. The molecule has 0 spiro atoms. The monoisotopic (exact) mass is 271 g/mol. The average molecular weight is 271 g/mol. The van der Waals surface area contributed by atoms with Crippen LogP contribution in [-0.2, 0) is 19.1 Å². The molecule has 1 saturated carbocycles. The normalized spacial score (nSPS) is 26.6. The van der Waals surface area contributed by atoms with Crippen molar-refractivity contribution in [3.05, 3.63) is 0 Å². The summed E-state index contributed by atoms with van der Waals surface area (Å²) >= 11 is 0. The number of nitrogens with one attached hydrogen (secondary N) is 1. The molecule has 108 valence electrons. The number of carboxylic acid groups (broad SMARTS) is 1. The van der Waals surface area contributed by atoms with Crippen LogP contribution in [0.4, 0.5) is 0 Å². The van der Waals surface area contributed by atoms with Crippen molar-refractivity contribution in [2.24, 2.45) is 5.92 Å². The molecule has 2 N–H and O–H groups in total. The van der Waals surface area contributed by atoms with Crippen LogP contribution in [0.25, 0.3) is 0 Å². The van der Waals surface area contributed by atoms with Crippen LogP contribution in [0, 0.1) is 5.92 Å². The van der Waals surface area contributed by atoms with E-state index in [1.807, 2.05) is 0 Å². The fraction of sp³-hybridized carbons (Fsp3) is 0.846. The summed E-state index contributed by atoms with van der Waals surface area (Å²) in [4.78, 5) is 23.3. The van der Waals surface area contributed by atoms with E-state index >= 15 is 0 Å². The van der Waals surface area contributed by atoms with E-state index in [4.69, 9.17) is 9.47 Å². The zero-order chi connectivity index (χ0) is 13.7. The number of carbonyl (C=O) groups excluding carboxylic acids is 1. The first-order valence-corrected chi connectivity index (χ1v) is 6.91. The predicted molar refractivity (Wildman–Crippen MR) is 66.7 cm³/mol. The van der Waals surface area contributed by atoms with E-state index in [2.05, 4.69) is 5.32 Å². The molecular formula is C13H21NO5. The lowest BCUT2D eigenvalue weighted by Crippen LogP contribution is -2.52. The second kappa shape index (κ2) is 6.86. The topological polar surface area (TPSA) is 84.9 Å². The zero-order valence-electron chi connectivity index (χ0n) is 11.0. The fourth-order valence-electron chi connectivity index (χ4n) is 2.73. The first-order chi connectivity index (χ1) is 9.18.